The first-order chi connectivity index (χ1) is 3.41. The van der Waals surface area contributed by atoms with Gasteiger partial charge in [0.1, 0.15) is 0 Å². The summed E-state index contributed by atoms with van der Waals surface area (Å²) in [4.78, 5) is 0. The fourth-order valence-electron chi connectivity index (χ4n) is 0. The molecule has 6 nitrogen and oxygen atoms in total. The summed E-state index contributed by atoms with van der Waals surface area (Å²) in [5.41, 5.74) is 0. The quantitative estimate of drug-likeness (QED) is 0.250. The topological polar surface area (TPSA) is 114 Å². The zero-order valence-corrected chi connectivity index (χ0v) is 5.74. The molecule has 0 fully saturated rings. The first-order valence-corrected chi connectivity index (χ1v) is 3.68. The van der Waals surface area contributed by atoms with Crippen LogP contribution >= 0.6 is 0 Å². The Morgan fingerprint density at radius 1 is 1.12 bits per heavy atom. The molecule has 0 bridgehead atoms. The van der Waals surface area contributed by atoms with Crippen molar-refractivity contribution in [3.05, 3.63) is 0 Å². The van der Waals surface area contributed by atoms with E-state index >= 15 is 0 Å². The van der Waals surface area contributed by atoms with Crippen molar-refractivity contribution in [2.45, 2.75) is 0 Å². The second kappa shape index (κ2) is 5.32. The Bertz CT molecular complexity index is 149. The van der Waals surface area contributed by atoms with E-state index in [2.05, 4.69) is 0 Å². The molecule has 0 aliphatic carbocycles. The first-order valence-electron chi connectivity index (χ1n) is 1.07. The molecule has 0 unspecified atom stereocenters. The number of hydrogen-bond donors (Lipinski definition) is 0. The van der Waals surface area contributed by atoms with Gasteiger partial charge in [-0.1, -0.05) is 0 Å². The Labute approximate surface area is 54.0 Å². The standard InChI is InChI=1S/H2O4S.2O.Ti/c1-5(2,3)4;;;/h(H2,1,2,3,4);;;/p-2. The van der Waals surface area contributed by atoms with Gasteiger partial charge in [-0.05, 0) is 0 Å². The summed E-state index contributed by atoms with van der Waals surface area (Å²) in [6.07, 6.45) is 0. The molecule has 0 saturated heterocycles. The molecule has 0 N–H and O–H groups in total. The molecule has 0 aliphatic rings. The SMILES string of the molecule is O=S(=O)([O-])[O-].[O]=[Ti]=[O]. The van der Waals surface area contributed by atoms with Gasteiger partial charge in [0, 0.05) is 10.4 Å². The molecule has 0 saturated carbocycles. The van der Waals surface area contributed by atoms with E-state index in [-0.39, 0.29) is 0 Å². The molecule has 0 rings (SSSR count). The molecule has 8 heavy (non-hydrogen) atoms. The van der Waals surface area contributed by atoms with Crippen molar-refractivity contribution in [1.82, 2.24) is 0 Å². The average Bonchev–Trinajstić information content (AvgIpc) is 1.27. The van der Waals surface area contributed by atoms with E-state index in [0.29, 0.717) is 0 Å². The van der Waals surface area contributed by atoms with Crippen LogP contribution < -0.4 is 0 Å². The van der Waals surface area contributed by atoms with Crippen molar-refractivity contribution in [3.8, 4) is 0 Å². The van der Waals surface area contributed by atoms with Gasteiger partial charge in [0.15, 0.2) is 0 Å². The Balaban J connectivity index is 0. The average molecular weight is 176 g/mol. The number of rotatable bonds is 0. The van der Waals surface area contributed by atoms with E-state index in [1.54, 1.807) is 0 Å². The van der Waals surface area contributed by atoms with Crippen molar-refractivity contribution in [1.29, 1.82) is 0 Å². The zero-order chi connectivity index (χ0) is 7.21. The number of hydrogen-bond acceptors (Lipinski definition) is 6. The summed E-state index contributed by atoms with van der Waals surface area (Å²) in [5.74, 6) is 0. The van der Waals surface area contributed by atoms with Crippen LogP contribution in [0.25, 0.3) is 0 Å². The summed E-state index contributed by atoms with van der Waals surface area (Å²) in [6, 6.07) is 0. The van der Waals surface area contributed by atoms with Crippen LogP contribution in [-0.4, -0.2) is 17.5 Å². The maximum absolute atomic E-state index is 8.52. The third kappa shape index (κ3) is 4890. The third-order valence-electron chi connectivity index (χ3n) is 0. The van der Waals surface area contributed by atoms with Gasteiger partial charge in [0.25, 0.3) is 0 Å². The van der Waals surface area contributed by atoms with Gasteiger partial charge in [-0.3, -0.25) is 8.42 Å². The molecule has 0 atom stereocenters. The molecule has 0 amide bonds. The monoisotopic (exact) mass is 176 g/mol. The molecular formula is O6STi-2. The summed E-state index contributed by atoms with van der Waals surface area (Å²) in [6.45, 7) is 0. The van der Waals surface area contributed by atoms with Gasteiger partial charge in [-0.2, -0.15) is 0 Å². The Hall–Kier alpha value is 0.184. The maximum atomic E-state index is 8.52. The van der Waals surface area contributed by atoms with Crippen LogP contribution in [0.15, 0.2) is 0 Å². The first kappa shape index (κ1) is 11.0. The van der Waals surface area contributed by atoms with Crippen LogP contribution in [0, 0.1) is 0 Å². The molecule has 0 heterocycles. The van der Waals surface area contributed by atoms with Crippen LogP contribution in [-0.2, 0) is 36.1 Å². The van der Waals surface area contributed by atoms with Crippen molar-refractivity contribution in [3.63, 3.8) is 0 Å². The van der Waals surface area contributed by atoms with Gasteiger partial charge in [-0.25, -0.2) is 0 Å². The van der Waals surface area contributed by atoms with Gasteiger partial charge < -0.3 is 9.11 Å². The predicted octanol–water partition coefficient (Wildman–Crippen LogP) is -1.58. The fourth-order valence-corrected chi connectivity index (χ4v) is 0. The molecule has 48 valence electrons. The Kier molecular flexibility index (Phi) is 7.35. The van der Waals surface area contributed by atoms with Crippen molar-refractivity contribution < 1.29 is 43.3 Å². The third-order valence-corrected chi connectivity index (χ3v) is 0. The molecule has 0 spiro atoms. The van der Waals surface area contributed by atoms with Crippen LogP contribution in [0.3, 0.4) is 0 Å². The van der Waals surface area contributed by atoms with Crippen LogP contribution in [0.2, 0.25) is 0 Å². The van der Waals surface area contributed by atoms with E-state index in [1.165, 1.54) is 0 Å². The molecule has 8 heteroatoms. The summed E-state index contributed by atoms with van der Waals surface area (Å²) in [7, 11) is -5.17. The Morgan fingerprint density at radius 3 is 1.12 bits per heavy atom. The van der Waals surface area contributed by atoms with E-state index in [0.717, 1.165) is 0 Å². The van der Waals surface area contributed by atoms with E-state index in [4.69, 9.17) is 24.2 Å². The van der Waals surface area contributed by atoms with Crippen molar-refractivity contribution in [2.24, 2.45) is 0 Å². The Morgan fingerprint density at radius 2 is 1.12 bits per heavy atom. The van der Waals surface area contributed by atoms with Crippen molar-refractivity contribution >= 4 is 10.4 Å². The minimum atomic E-state index is -5.17. The summed E-state index contributed by atoms with van der Waals surface area (Å²) < 4.78 is 51.1. The molecule has 0 aromatic rings. The normalized spacial score (nSPS) is 8.25. The van der Waals surface area contributed by atoms with Crippen LogP contribution in [0.1, 0.15) is 0 Å². The minimum absolute atomic E-state index is 2.00. The van der Waals surface area contributed by atoms with E-state index < -0.39 is 29.5 Å². The second-order valence-electron chi connectivity index (χ2n) is 0.492. The summed E-state index contributed by atoms with van der Waals surface area (Å²) in [5, 5.41) is 0. The van der Waals surface area contributed by atoms with Gasteiger partial charge in [0.05, 0.1) is 0 Å². The molecular weight excluding hydrogens is 176 g/mol. The van der Waals surface area contributed by atoms with Gasteiger partial charge in [0.2, 0.25) is 0 Å². The second-order valence-corrected chi connectivity index (χ2v) is 1.57. The zero-order valence-electron chi connectivity index (χ0n) is 3.36. The van der Waals surface area contributed by atoms with Crippen molar-refractivity contribution in [2.75, 3.05) is 0 Å². The van der Waals surface area contributed by atoms with Gasteiger partial charge in [-0.15, -0.1) is 0 Å². The van der Waals surface area contributed by atoms with E-state index in [9.17, 15) is 0 Å². The van der Waals surface area contributed by atoms with Crippen LogP contribution in [0.5, 0.6) is 0 Å². The molecule has 0 radical (unpaired) electrons. The van der Waals surface area contributed by atoms with E-state index in [1.807, 2.05) is 0 Å². The van der Waals surface area contributed by atoms with Gasteiger partial charge >= 0.3 is 25.7 Å². The molecule has 0 aromatic carbocycles. The van der Waals surface area contributed by atoms with Crippen LogP contribution in [0.4, 0.5) is 0 Å². The molecule has 0 aromatic heterocycles. The fraction of sp³-hybridized carbons (Fsp3) is 0. The summed E-state index contributed by atoms with van der Waals surface area (Å²) >= 11 is -2.00. The predicted molar refractivity (Wildman–Crippen MR) is 11.8 cm³/mol. The molecule has 0 aliphatic heterocycles.